The quantitative estimate of drug-likeness (QED) is 0.721. The van der Waals surface area contributed by atoms with Crippen molar-refractivity contribution in [2.24, 2.45) is 0 Å². The normalized spacial score (nSPS) is 14.3. The molecule has 3 nitrogen and oxygen atoms in total. The van der Waals surface area contributed by atoms with Crippen LogP contribution in [-0.4, -0.2) is 31.5 Å². The molecule has 0 aliphatic carbocycles. The first-order valence-corrected chi connectivity index (χ1v) is 7.16. The van der Waals surface area contributed by atoms with Crippen molar-refractivity contribution in [3.8, 4) is 0 Å². The van der Waals surface area contributed by atoms with Crippen LogP contribution in [0, 0.1) is 0 Å². The van der Waals surface area contributed by atoms with Gasteiger partial charge in [0.2, 0.25) is 0 Å². The lowest BCUT2D eigenvalue weighted by Gasteiger charge is -2.16. The van der Waals surface area contributed by atoms with Crippen LogP contribution < -0.4 is 5.32 Å². The van der Waals surface area contributed by atoms with Crippen LogP contribution in [0.2, 0.25) is 0 Å². The van der Waals surface area contributed by atoms with Crippen molar-refractivity contribution in [1.82, 2.24) is 5.32 Å². The molecule has 0 heterocycles. The van der Waals surface area contributed by atoms with E-state index in [0.29, 0.717) is 19.1 Å². The highest BCUT2D eigenvalue weighted by molar-refractivity contribution is 5.24. The van der Waals surface area contributed by atoms with Crippen LogP contribution in [0.1, 0.15) is 43.9 Å². The van der Waals surface area contributed by atoms with E-state index >= 15 is 0 Å². The van der Waals surface area contributed by atoms with Gasteiger partial charge in [0.15, 0.2) is 0 Å². The van der Waals surface area contributed by atoms with Crippen molar-refractivity contribution in [2.75, 3.05) is 20.3 Å². The summed E-state index contributed by atoms with van der Waals surface area (Å²) in [6.07, 6.45) is 2.67. The van der Waals surface area contributed by atoms with Gasteiger partial charge in [-0.2, -0.15) is 0 Å². The number of benzene rings is 1. The molecule has 2 unspecified atom stereocenters. The molecule has 3 heteroatoms. The predicted octanol–water partition coefficient (Wildman–Crippen LogP) is 2.69. The third kappa shape index (κ3) is 6.19. The summed E-state index contributed by atoms with van der Waals surface area (Å²) in [6.45, 7) is 5.55. The summed E-state index contributed by atoms with van der Waals surface area (Å²) in [5.41, 5.74) is 2.69. The summed E-state index contributed by atoms with van der Waals surface area (Å²) < 4.78 is 4.90. The number of hydrogen-bond donors (Lipinski definition) is 2. The zero-order chi connectivity index (χ0) is 14.1. The molecule has 0 radical (unpaired) electrons. The summed E-state index contributed by atoms with van der Waals surface area (Å²) in [7, 11) is 1.61. The standard InChI is InChI=1S/C16H27NO2/c1-4-5-14-6-8-15(9-7-14)13(2)17-11-10-16(18)12-19-3/h6-9,13,16-18H,4-5,10-12H2,1-3H3. The summed E-state index contributed by atoms with van der Waals surface area (Å²) in [5.74, 6) is 0. The fraction of sp³-hybridized carbons (Fsp3) is 0.625. The number of nitrogens with one attached hydrogen (secondary N) is 1. The molecule has 0 aromatic heterocycles. The van der Waals surface area contributed by atoms with Crippen molar-refractivity contribution in [1.29, 1.82) is 0 Å². The number of aryl methyl sites for hydroxylation is 1. The van der Waals surface area contributed by atoms with Crippen LogP contribution in [0.25, 0.3) is 0 Å². The molecule has 0 bridgehead atoms. The van der Waals surface area contributed by atoms with Crippen LogP contribution >= 0.6 is 0 Å². The molecule has 19 heavy (non-hydrogen) atoms. The van der Waals surface area contributed by atoms with E-state index in [9.17, 15) is 5.11 Å². The fourth-order valence-corrected chi connectivity index (χ4v) is 2.12. The molecule has 1 aromatic rings. The Morgan fingerprint density at radius 1 is 1.26 bits per heavy atom. The average molecular weight is 265 g/mol. The van der Waals surface area contributed by atoms with Gasteiger partial charge >= 0.3 is 0 Å². The van der Waals surface area contributed by atoms with Crippen LogP contribution in [0.5, 0.6) is 0 Å². The van der Waals surface area contributed by atoms with Gasteiger partial charge in [0.05, 0.1) is 12.7 Å². The molecule has 1 rings (SSSR count). The first-order chi connectivity index (χ1) is 9.17. The van der Waals surface area contributed by atoms with E-state index in [2.05, 4.69) is 43.4 Å². The van der Waals surface area contributed by atoms with Gasteiger partial charge < -0.3 is 15.2 Å². The lowest BCUT2D eigenvalue weighted by atomic mass is 10.0. The predicted molar refractivity (Wildman–Crippen MR) is 79.4 cm³/mol. The molecule has 1 aromatic carbocycles. The van der Waals surface area contributed by atoms with E-state index in [1.54, 1.807) is 7.11 Å². The highest BCUT2D eigenvalue weighted by Crippen LogP contribution is 2.14. The van der Waals surface area contributed by atoms with Crippen molar-refractivity contribution < 1.29 is 9.84 Å². The Balaban J connectivity index is 2.34. The Labute approximate surface area is 117 Å². The van der Waals surface area contributed by atoms with Gasteiger partial charge in [-0.15, -0.1) is 0 Å². The van der Waals surface area contributed by atoms with Crippen LogP contribution in [0.15, 0.2) is 24.3 Å². The summed E-state index contributed by atoms with van der Waals surface area (Å²) in [4.78, 5) is 0. The van der Waals surface area contributed by atoms with Crippen LogP contribution in [-0.2, 0) is 11.2 Å². The first kappa shape index (κ1) is 16.2. The van der Waals surface area contributed by atoms with E-state index in [-0.39, 0.29) is 6.10 Å². The average Bonchev–Trinajstić information content (AvgIpc) is 2.40. The highest BCUT2D eigenvalue weighted by atomic mass is 16.5. The summed E-state index contributed by atoms with van der Waals surface area (Å²) in [5, 5.41) is 13.0. The molecular weight excluding hydrogens is 238 g/mol. The van der Waals surface area contributed by atoms with Gasteiger partial charge in [0.25, 0.3) is 0 Å². The number of ether oxygens (including phenoxy) is 1. The molecule has 2 N–H and O–H groups in total. The van der Waals surface area contributed by atoms with E-state index in [1.165, 1.54) is 17.5 Å². The van der Waals surface area contributed by atoms with Gasteiger partial charge in [0.1, 0.15) is 0 Å². The Hall–Kier alpha value is -0.900. The molecule has 2 atom stereocenters. The minimum absolute atomic E-state index is 0.311. The SMILES string of the molecule is CCCc1ccc(C(C)NCCC(O)COC)cc1. The van der Waals surface area contributed by atoms with E-state index in [0.717, 1.165) is 13.0 Å². The Morgan fingerprint density at radius 3 is 2.53 bits per heavy atom. The maximum Gasteiger partial charge on any atom is 0.0785 e. The van der Waals surface area contributed by atoms with Gasteiger partial charge in [0, 0.05) is 13.2 Å². The number of hydrogen-bond acceptors (Lipinski definition) is 3. The second kappa shape index (κ2) is 9.08. The molecule has 0 saturated heterocycles. The maximum atomic E-state index is 9.56. The number of methoxy groups -OCH3 is 1. The topological polar surface area (TPSA) is 41.5 Å². The van der Waals surface area contributed by atoms with Crippen molar-refractivity contribution in [3.63, 3.8) is 0 Å². The third-order valence-electron chi connectivity index (χ3n) is 3.31. The van der Waals surface area contributed by atoms with Crippen molar-refractivity contribution in [2.45, 2.75) is 45.3 Å². The minimum Gasteiger partial charge on any atom is -0.391 e. The molecule has 0 aliphatic rings. The molecule has 0 aliphatic heterocycles. The van der Waals surface area contributed by atoms with Gasteiger partial charge in [-0.1, -0.05) is 37.6 Å². The smallest absolute Gasteiger partial charge is 0.0785 e. The van der Waals surface area contributed by atoms with E-state index < -0.39 is 0 Å². The monoisotopic (exact) mass is 265 g/mol. The Morgan fingerprint density at radius 2 is 1.95 bits per heavy atom. The second-order valence-electron chi connectivity index (χ2n) is 5.07. The van der Waals surface area contributed by atoms with Crippen LogP contribution in [0.4, 0.5) is 0 Å². The van der Waals surface area contributed by atoms with Gasteiger partial charge in [-0.05, 0) is 37.4 Å². The lowest BCUT2D eigenvalue weighted by molar-refractivity contribution is 0.0590. The van der Waals surface area contributed by atoms with Crippen molar-refractivity contribution in [3.05, 3.63) is 35.4 Å². The summed E-state index contributed by atoms with van der Waals surface area (Å²) in [6, 6.07) is 9.10. The molecule has 108 valence electrons. The number of rotatable bonds is 9. The molecular formula is C16H27NO2. The zero-order valence-electron chi connectivity index (χ0n) is 12.4. The first-order valence-electron chi connectivity index (χ1n) is 7.16. The van der Waals surface area contributed by atoms with E-state index in [4.69, 9.17) is 4.74 Å². The van der Waals surface area contributed by atoms with Gasteiger partial charge in [-0.25, -0.2) is 0 Å². The minimum atomic E-state index is -0.378. The third-order valence-corrected chi connectivity index (χ3v) is 3.31. The lowest BCUT2D eigenvalue weighted by Crippen LogP contribution is -2.25. The second-order valence-corrected chi connectivity index (χ2v) is 5.07. The number of aliphatic hydroxyl groups excluding tert-OH is 1. The molecule has 0 saturated carbocycles. The number of aliphatic hydroxyl groups is 1. The summed E-state index contributed by atoms with van der Waals surface area (Å²) >= 11 is 0. The Kier molecular flexibility index (Phi) is 7.72. The van der Waals surface area contributed by atoms with Crippen molar-refractivity contribution >= 4 is 0 Å². The largest absolute Gasteiger partial charge is 0.391 e. The van der Waals surface area contributed by atoms with Gasteiger partial charge in [-0.3, -0.25) is 0 Å². The fourth-order valence-electron chi connectivity index (χ4n) is 2.12. The van der Waals surface area contributed by atoms with Crippen LogP contribution in [0.3, 0.4) is 0 Å². The molecule has 0 spiro atoms. The molecule has 0 fully saturated rings. The van der Waals surface area contributed by atoms with E-state index in [1.807, 2.05) is 0 Å². The molecule has 0 amide bonds. The zero-order valence-corrected chi connectivity index (χ0v) is 12.4. The maximum absolute atomic E-state index is 9.56. The Bertz CT molecular complexity index is 337. The highest BCUT2D eigenvalue weighted by Gasteiger charge is 2.07.